The molecule has 2 aromatic heterocycles. The summed E-state index contributed by atoms with van der Waals surface area (Å²) >= 11 is 0. The number of benzene rings is 1. The lowest BCUT2D eigenvalue weighted by molar-refractivity contribution is 0.0687. The molecule has 1 aromatic carbocycles. The second-order valence-electron chi connectivity index (χ2n) is 5.18. The summed E-state index contributed by atoms with van der Waals surface area (Å²) in [4.78, 5) is 15.5. The Morgan fingerprint density at radius 2 is 2.14 bits per heavy atom. The second-order valence-corrected chi connectivity index (χ2v) is 5.18. The van der Waals surface area contributed by atoms with E-state index in [9.17, 15) is 9.90 Å². The number of nitrogens with zero attached hydrogens (tertiary/aromatic N) is 2. The van der Waals surface area contributed by atoms with Gasteiger partial charge in [-0.2, -0.15) is 0 Å². The Hall–Kier alpha value is -2.82. The lowest BCUT2D eigenvalue weighted by Gasteiger charge is -2.08. The van der Waals surface area contributed by atoms with Gasteiger partial charge in [-0.25, -0.2) is 4.79 Å². The van der Waals surface area contributed by atoms with E-state index in [1.54, 1.807) is 23.9 Å². The van der Waals surface area contributed by atoms with Crippen LogP contribution >= 0.6 is 0 Å². The first kappa shape index (κ1) is 14.1. The smallest absolute Gasteiger partial charge is 0.352 e. The lowest BCUT2D eigenvalue weighted by atomic mass is 10.1. The Bertz CT molecular complexity index is 838. The van der Waals surface area contributed by atoms with Crippen molar-refractivity contribution < 1.29 is 14.6 Å². The van der Waals surface area contributed by atoms with Gasteiger partial charge in [-0.05, 0) is 42.8 Å². The Labute approximate surface area is 127 Å². The molecule has 0 saturated heterocycles. The van der Waals surface area contributed by atoms with Crippen LogP contribution in [-0.2, 0) is 13.7 Å². The number of ether oxygens (including phenoxy) is 1. The molecule has 0 aliphatic heterocycles. The zero-order chi connectivity index (χ0) is 15.7. The average molecular weight is 296 g/mol. The minimum atomic E-state index is -0.936. The van der Waals surface area contributed by atoms with Crippen molar-refractivity contribution in [2.24, 2.45) is 7.05 Å². The number of aromatic nitrogens is 2. The summed E-state index contributed by atoms with van der Waals surface area (Å²) in [6.07, 6.45) is 1.73. The molecule has 0 amide bonds. The van der Waals surface area contributed by atoms with Gasteiger partial charge in [0.1, 0.15) is 18.1 Å². The maximum absolute atomic E-state index is 11.2. The second kappa shape index (κ2) is 5.52. The van der Waals surface area contributed by atoms with Crippen LogP contribution in [0.5, 0.6) is 5.75 Å². The fourth-order valence-electron chi connectivity index (χ4n) is 2.63. The number of fused-ring (bicyclic) bond motifs is 1. The van der Waals surface area contributed by atoms with E-state index in [2.05, 4.69) is 4.98 Å². The van der Waals surface area contributed by atoms with E-state index in [-0.39, 0.29) is 5.69 Å². The van der Waals surface area contributed by atoms with E-state index < -0.39 is 5.97 Å². The summed E-state index contributed by atoms with van der Waals surface area (Å²) in [6.45, 7) is 2.33. The molecule has 3 aromatic rings. The van der Waals surface area contributed by atoms with Crippen molar-refractivity contribution in [3.8, 4) is 5.75 Å². The van der Waals surface area contributed by atoms with Crippen LogP contribution in [0.4, 0.5) is 0 Å². The summed E-state index contributed by atoms with van der Waals surface area (Å²) in [5.74, 6) is -0.229. The van der Waals surface area contributed by atoms with E-state index in [4.69, 9.17) is 4.74 Å². The summed E-state index contributed by atoms with van der Waals surface area (Å²) in [5, 5.41) is 10.1. The average Bonchev–Trinajstić information content (AvgIpc) is 2.84. The van der Waals surface area contributed by atoms with Gasteiger partial charge >= 0.3 is 5.97 Å². The van der Waals surface area contributed by atoms with Gasteiger partial charge in [-0.15, -0.1) is 0 Å². The first-order chi connectivity index (χ1) is 10.6. The molecule has 5 nitrogen and oxygen atoms in total. The van der Waals surface area contributed by atoms with Gasteiger partial charge in [-0.3, -0.25) is 4.98 Å². The molecule has 2 heterocycles. The van der Waals surface area contributed by atoms with E-state index in [1.807, 2.05) is 37.3 Å². The van der Waals surface area contributed by atoms with Gasteiger partial charge in [0.15, 0.2) is 0 Å². The highest BCUT2D eigenvalue weighted by molar-refractivity contribution is 5.96. The largest absolute Gasteiger partial charge is 0.487 e. The van der Waals surface area contributed by atoms with Gasteiger partial charge in [0.25, 0.3) is 0 Å². The van der Waals surface area contributed by atoms with Crippen LogP contribution < -0.4 is 4.74 Å². The monoisotopic (exact) mass is 296 g/mol. The number of carboxylic acids is 1. The van der Waals surface area contributed by atoms with Crippen LogP contribution in [0.3, 0.4) is 0 Å². The maximum atomic E-state index is 11.2. The lowest BCUT2D eigenvalue weighted by Crippen LogP contribution is -2.04. The number of hydrogen-bond acceptors (Lipinski definition) is 3. The summed E-state index contributed by atoms with van der Waals surface area (Å²) in [7, 11) is 1.76. The molecule has 1 N–H and O–H groups in total. The quantitative estimate of drug-likeness (QED) is 0.803. The van der Waals surface area contributed by atoms with E-state index >= 15 is 0 Å². The number of carbonyl (C=O) groups is 1. The van der Waals surface area contributed by atoms with E-state index in [1.165, 1.54) is 0 Å². The third-order valence-electron chi connectivity index (χ3n) is 3.62. The first-order valence-corrected chi connectivity index (χ1v) is 6.92. The molecule has 22 heavy (non-hydrogen) atoms. The van der Waals surface area contributed by atoms with Gasteiger partial charge < -0.3 is 14.4 Å². The van der Waals surface area contributed by atoms with Crippen molar-refractivity contribution in [1.82, 2.24) is 9.55 Å². The Kier molecular flexibility index (Phi) is 3.55. The predicted octanol–water partition coefficient (Wildman–Crippen LogP) is 3.16. The minimum absolute atomic E-state index is 0.264. The number of rotatable bonds is 4. The van der Waals surface area contributed by atoms with Crippen LogP contribution in [0.1, 0.15) is 21.7 Å². The summed E-state index contributed by atoms with van der Waals surface area (Å²) in [5.41, 5.74) is 2.99. The molecule has 0 saturated carbocycles. The number of aromatic carboxylic acids is 1. The van der Waals surface area contributed by atoms with Crippen molar-refractivity contribution >= 4 is 16.9 Å². The molecule has 0 aliphatic carbocycles. The van der Waals surface area contributed by atoms with Crippen molar-refractivity contribution in [1.29, 1.82) is 0 Å². The zero-order valence-electron chi connectivity index (χ0n) is 12.4. The van der Waals surface area contributed by atoms with Crippen LogP contribution in [0, 0.1) is 6.92 Å². The van der Waals surface area contributed by atoms with Crippen LogP contribution in [0.2, 0.25) is 0 Å². The first-order valence-electron chi connectivity index (χ1n) is 6.92. The van der Waals surface area contributed by atoms with Gasteiger partial charge in [-0.1, -0.05) is 6.07 Å². The number of hydrogen-bond donors (Lipinski definition) is 1. The molecule has 0 aliphatic rings. The Morgan fingerprint density at radius 3 is 2.82 bits per heavy atom. The molecule has 0 radical (unpaired) electrons. The molecular formula is C17H16N2O3. The molecule has 0 bridgehead atoms. The molecule has 0 fully saturated rings. The van der Waals surface area contributed by atoms with Gasteiger partial charge in [0.2, 0.25) is 0 Å². The Balaban J connectivity index is 1.93. The van der Waals surface area contributed by atoms with Crippen molar-refractivity contribution in [3.63, 3.8) is 0 Å². The highest BCUT2D eigenvalue weighted by atomic mass is 16.5. The standard InChI is InChI=1S/C17H16N2O3/c1-11-7-14(22-10-13-5-3-4-6-18-13)8-12-9-15(17(20)21)19(2)16(11)12/h3-9H,10H2,1-2H3,(H,20,21). The van der Waals surface area contributed by atoms with E-state index in [0.29, 0.717) is 12.4 Å². The predicted molar refractivity (Wildman–Crippen MR) is 83.2 cm³/mol. The molecule has 0 unspecified atom stereocenters. The van der Waals surface area contributed by atoms with Crippen LogP contribution in [0.25, 0.3) is 10.9 Å². The van der Waals surface area contributed by atoms with Gasteiger partial charge in [0.05, 0.1) is 11.2 Å². The highest BCUT2D eigenvalue weighted by Crippen LogP contribution is 2.28. The van der Waals surface area contributed by atoms with Crippen molar-refractivity contribution in [2.45, 2.75) is 13.5 Å². The van der Waals surface area contributed by atoms with Crippen LogP contribution in [0.15, 0.2) is 42.6 Å². The fraction of sp³-hybridized carbons (Fsp3) is 0.176. The molecule has 112 valence electrons. The minimum Gasteiger partial charge on any atom is -0.487 e. The highest BCUT2D eigenvalue weighted by Gasteiger charge is 2.14. The van der Waals surface area contributed by atoms with Crippen molar-refractivity contribution in [3.05, 3.63) is 59.5 Å². The SMILES string of the molecule is Cc1cc(OCc2ccccn2)cc2cc(C(=O)O)n(C)c12. The number of carboxylic acid groups (broad SMARTS) is 1. The molecular weight excluding hydrogens is 280 g/mol. The summed E-state index contributed by atoms with van der Waals surface area (Å²) in [6, 6.07) is 11.1. The van der Waals surface area contributed by atoms with Crippen molar-refractivity contribution in [2.75, 3.05) is 0 Å². The molecule has 0 atom stereocenters. The number of aryl methyl sites for hydroxylation is 2. The summed E-state index contributed by atoms with van der Waals surface area (Å²) < 4.78 is 7.46. The zero-order valence-corrected chi connectivity index (χ0v) is 12.4. The third kappa shape index (κ3) is 2.53. The van der Waals surface area contributed by atoms with E-state index in [0.717, 1.165) is 22.2 Å². The Morgan fingerprint density at radius 1 is 1.32 bits per heavy atom. The molecule has 0 spiro atoms. The normalized spacial score (nSPS) is 10.8. The molecule has 5 heteroatoms. The fourth-order valence-corrected chi connectivity index (χ4v) is 2.63. The molecule has 3 rings (SSSR count). The maximum Gasteiger partial charge on any atom is 0.352 e. The number of pyridine rings is 1. The third-order valence-corrected chi connectivity index (χ3v) is 3.62. The van der Waals surface area contributed by atoms with Crippen LogP contribution in [-0.4, -0.2) is 20.6 Å². The topological polar surface area (TPSA) is 64.3 Å². The van der Waals surface area contributed by atoms with Gasteiger partial charge in [0, 0.05) is 18.6 Å².